The summed E-state index contributed by atoms with van der Waals surface area (Å²) in [4.78, 5) is 36.4. The van der Waals surface area contributed by atoms with Crippen LogP contribution in [0.1, 0.15) is 136 Å². The number of esters is 2. The van der Waals surface area contributed by atoms with Crippen molar-refractivity contribution >= 4 is 19.8 Å². The Morgan fingerprint density at radius 1 is 0.812 bits per heavy atom. The standard InChI is InChI=1S/C47H79O16P/c1-3-5-7-8-9-10-11-12-13-14-15-16-17-18-23-27-40(51)60-32-35-33-61-64(58,59)63-47-45(56)43(54)37(30-29-34(48)25-21-6-4-2)39(50)31-38(49)36(42(53)44(55)46(47)57)26-22-19-20-24-28-41(52)62-35/h9-10,12-13,15-16,19,22,29-30,34-39,42-50,53-57H,3-8,11,14,17-18,20-21,23-28,31-33H2,1-2H3,(H,58,59)/b10-9-,13-12-,16-15-,22-19?,30-29?/t34-,35+,36-,37-,38-,39+,42+,43+,44-,45+,46+,47+/m0/s1. The molecule has 1 unspecified atom stereocenters. The monoisotopic (exact) mass is 931 g/mol. The number of fused-ring (bicyclic) bond motifs is 4. The summed E-state index contributed by atoms with van der Waals surface area (Å²) in [6.07, 6.45) is 10.6. The molecule has 9 N–H and O–H groups in total. The SMILES string of the molecule is CCCCC/C=C\C/C=C\C/C=C\CCCCC(=O)OC[C@@H]1COP(=O)(O)O[C@H]2[C@H](O)[C@@H](O)[C@H](O)[C@@H](CC=CCCCC(=O)O1)[C@@H](O)C[C@@H](O)[C@H](C=C[C@@H](O)CCCCC)[C@@H](O)[C@H]2O. The number of allylic oxidation sites excluding steroid dienone is 8. The van der Waals surface area contributed by atoms with Crippen LogP contribution in [0.4, 0.5) is 0 Å². The van der Waals surface area contributed by atoms with Crippen molar-refractivity contribution in [3.05, 3.63) is 60.8 Å². The first-order chi connectivity index (χ1) is 30.6. The lowest BCUT2D eigenvalue weighted by atomic mass is 9.83. The molecule has 1 aliphatic heterocycles. The number of aliphatic hydroxyl groups is 8. The van der Waals surface area contributed by atoms with Crippen molar-refractivity contribution in [1.82, 2.24) is 0 Å². The van der Waals surface area contributed by atoms with Gasteiger partial charge in [-0.05, 0) is 70.6 Å². The zero-order valence-electron chi connectivity index (χ0n) is 37.9. The molecule has 1 aliphatic carbocycles. The number of hydrogen-bond acceptors (Lipinski definition) is 15. The molecule has 368 valence electrons. The number of carbonyl (C=O) groups excluding carboxylic acids is 2. The molecule has 17 heteroatoms. The van der Waals surface area contributed by atoms with E-state index in [1.165, 1.54) is 31.4 Å². The highest BCUT2D eigenvalue weighted by Crippen LogP contribution is 2.47. The van der Waals surface area contributed by atoms with Gasteiger partial charge in [-0.2, -0.15) is 0 Å². The van der Waals surface area contributed by atoms with Crippen LogP contribution in [-0.2, 0) is 32.7 Å². The van der Waals surface area contributed by atoms with Crippen LogP contribution in [-0.4, -0.2) is 132 Å². The van der Waals surface area contributed by atoms with Crippen LogP contribution in [0.5, 0.6) is 0 Å². The van der Waals surface area contributed by atoms with E-state index in [1.54, 1.807) is 12.2 Å². The Bertz CT molecular complexity index is 1480. The minimum Gasteiger partial charge on any atom is -0.462 e. The van der Waals surface area contributed by atoms with Crippen molar-refractivity contribution in [1.29, 1.82) is 0 Å². The Balaban J connectivity index is 2.19. The normalized spacial score (nSPS) is 32.5. The first-order valence-corrected chi connectivity index (χ1v) is 24.8. The average Bonchev–Trinajstić information content (AvgIpc) is 3.26. The lowest BCUT2D eigenvalue weighted by Gasteiger charge is -2.37. The van der Waals surface area contributed by atoms with Gasteiger partial charge in [0, 0.05) is 31.1 Å². The van der Waals surface area contributed by atoms with Crippen LogP contribution in [0.3, 0.4) is 0 Å². The summed E-state index contributed by atoms with van der Waals surface area (Å²) in [5.74, 6) is -4.07. The van der Waals surface area contributed by atoms with E-state index in [1.807, 2.05) is 13.0 Å². The van der Waals surface area contributed by atoms with Gasteiger partial charge >= 0.3 is 19.8 Å². The number of aliphatic hydroxyl groups excluding tert-OH is 8. The predicted molar refractivity (Wildman–Crippen MR) is 241 cm³/mol. The van der Waals surface area contributed by atoms with Crippen molar-refractivity contribution in [2.24, 2.45) is 11.8 Å². The van der Waals surface area contributed by atoms with Gasteiger partial charge < -0.3 is 55.2 Å². The molecule has 0 amide bonds. The molecule has 0 saturated heterocycles. The molecule has 0 radical (unpaired) electrons. The molecular formula is C47H79O16P. The third kappa shape index (κ3) is 23.2. The molecule has 0 spiro atoms. The fraction of sp³-hybridized carbons (Fsp3) is 0.745. The van der Waals surface area contributed by atoms with Gasteiger partial charge in [0.2, 0.25) is 0 Å². The molecular weight excluding hydrogens is 851 g/mol. The molecule has 2 bridgehead atoms. The van der Waals surface area contributed by atoms with E-state index in [9.17, 15) is 59.9 Å². The summed E-state index contributed by atoms with van der Waals surface area (Å²) in [5, 5.41) is 89.9. The van der Waals surface area contributed by atoms with Gasteiger partial charge in [0.1, 0.15) is 31.0 Å². The first kappa shape index (κ1) is 57.6. The molecule has 2 aliphatic rings. The fourth-order valence-electron chi connectivity index (χ4n) is 7.47. The Morgan fingerprint density at radius 3 is 2.11 bits per heavy atom. The second-order valence-corrected chi connectivity index (χ2v) is 18.3. The third-order valence-electron chi connectivity index (χ3n) is 11.4. The highest BCUT2D eigenvalue weighted by atomic mass is 31.2. The number of phosphoric ester groups is 1. The summed E-state index contributed by atoms with van der Waals surface area (Å²) < 4.78 is 34.6. The first-order valence-electron chi connectivity index (χ1n) is 23.3. The van der Waals surface area contributed by atoms with Gasteiger partial charge in [0.05, 0.1) is 37.1 Å². The summed E-state index contributed by atoms with van der Waals surface area (Å²) >= 11 is 0. The average molecular weight is 931 g/mol. The van der Waals surface area contributed by atoms with Crippen LogP contribution in [0.25, 0.3) is 0 Å². The van der Waals surface area contributed by atoms with Crippen LogP contribution >= 0.6 is 7.82 Å². The van der Waals surface area contributed by atoms with Crippen molar-refractivity contribution in [2.45, 2.75) is 197 Å². The van der Waals surface area contributed by atoms with Crippen molar-refractivity contribution in [3.8, 4) is 0 Å². The van der Waals surface area contributed by atoms with Gasteiger partial charge in [-0.3, -0.25) is 18.6 Å². The third-order valence-corrected chi connectivity index (χ3v) is 12.4. The summed E-state index contributed by atoms with van der Waals surface area (Å²) in [6.45, 7) is 2.75. The van der Waals surface area contributed by atoms with Crippen molar-refractivity contribution in [2.75, 3.05) is 13.2 Å². The van der Waals surface area contributed by atoms with Gasteiger partial charge in [-0.15, -0.1) is 0 Å². The lowest BCUT2D eigenvalue weighted by molar-refractivity contribution is -0.167. The number of rotatable bonds is 21. The van der Waals surface area contributed by atoms with E-state index in [4.69, 9.17) is 18.5 Å². The maximum absolute atomic E-state index is 13.5. The molecule has 0 aromatic rings. The summed E-state index contributed by atoms with van der Waals surface area (Å²) in [6, 6.07) is 0. The van der Waals surface area contributed by atoms with E-state index in [2.05, 4.69) is 37.3 Å². The molecule has 0 aromatic heterocycles. The maximum atomic E-state index is 13.5. The quantitative estimate of drug-likeness (QED) is 0.0305. The Hall–Kier alpha value is -2.57. The molecule has 1 fully saturated rings. The van der Waals surface area contributed by atoms with Crippen LogP contribution in [0.15, 0.2) is 60.8 Å². The smallest absolute Gasteiger partial charge is 0.462 e. The maximum Gasteiger partial charge on any atom is 0.472 e. The Kier molecular flexibility index (Phi) is 29.7. The van der Waals surface area contributed by atoms with Gasteiger partial charge in [0.25, 0.3) is 0 Å². The summed E-state index contributed by atoms with van der Waals surface area (Å²) in [5.41, 5.74) is 0. The van der Waals surface area contributed by atoms with Crippen LogP contribution in [0.2, 0.25) is 0 Å². The number of hydrogen-bond donors (Lipinski definition) is 9. The molecule has 16 nitrogen and oxygen atoms in total. The van der Waals surface area contributed by atoms with Crippen LogP contribution in [0, 0.1) is 11.8 Å². The van der Waals surface area contributed by atoms with Gasteiger partial charge in [-0.1, -0.05) is 107 Å². The highest BCUT2D eigenvalue weighted by Gasteiger charge is 2.49. The predicted octanol–water partition coefficient (Wildman–Crippen LogP) is 5.32. The number of ether oxygens (including phenoxy) is 2. The second kappa shape index (κ2) is 33.0. The molecule has 1 heterocycles. The largest absolute Gasteiger partial charge is 0.472 e. The lowest BCUT2D eigenvalue weighted by Crippen LogP contribution is -2.55. The minimum atomic E-state index is -5.45. The molecule has 1 saturated carbocycles. The van der Waals surface area contributed by atoms with E-state index >= 15 is 0 Å². The van der Waals surface area contributed by atoms with E-state index in [0.717, 1.165) is 38.5 Å². The fourth-order valence-corrected chi connectivity index (χ4v) is 8.44. The Labute approximate surface area is 380 Å². The van der Waals surface area contributed by atoms with Gasteiger partial charge in [0.15, 0.2) is 6.10 Å². The van der Waals surface area contributed by atoms with E-state index in [-0.39, 0.29) is 25.7 Å². The molecule has 64 heavy (non-hydrogen) atoms. The highest BCUT2D eigenvalue weighted by molar-refractivity contribution is 7.47. The zero-order chi connectivity index (χ0) is 47.3. The summed E-state index contributed by atoms with van der Waals surface area (Å²) in [7, 11) is -5.45. The Morgan fingerprint density at radius 2 is 1.44 bits per heavy atom. The number of cyclic esters (lactones) is 1. The van der Waals surface area contributed by atoms with E-state index in [0.29, 0.717) is 32.1 Å². The zero-order valence-corrected chi connectivity index (χ0v) is 38.8. The second-order valence-electron chi connectivity index (χ2n) is 16.9. The molecule has 0 aromatic carbocycles. The number of carbonyl (C=O) groups is 2. The van der Waals surface area contributed by atoms with Crippen LogP contribution < -0.4 is 0 Å². The van der Waals surface area contributed by atoms with Crippen molar-refractivity contribution < 1.29 is 78.4 Å². The topological polar surface area (TPSA) is 270 Å². The molecule has 2 rings (SSSR count). The van der Waals surface area contributed by atoms with Gasteiger partial charge in [-0.25, -0.2) is 4.57 Å². The van der Waals surface area contributed by atoms with E-state index < -0.39 is 112 Å². The number of unbranched alkanes of at least 4 members (excludes halogenated alkanes) is 7. The van der Waals surface area contributed by atoms with Crippen molar-refractivity contribution in [3.63, 3.8) is 0 Å². The molecule has 13 atom stereocenters. The number of phosphoric acid groups is 1. The minimum absolute atomic E-state index is 0.0579.